The van der Waals surface area contributed by atoms with Gasteiger partial charge >= 0.3 is 0 Å². The van der Waals surface area contributed by atoms with E-state index < -0.39 is 9.84 Å². The van der Waals surface area contributed by atoms with Gasteiger partial charge < -0.3 is 10.1 Å². The number of halogens is 2. The van der Waals surface area contributed by atoms with Crippen LogP contribution in [0.25, 0.3) is 0 Å². The summed E-state index contributed by atoms with van der Waals surface area (Å²) in [5, 5.41) is 3.34. The van der Waals surface area contributed by atoms with Crippen molar-refractivity contribution in [1.82, 2.24) is 4.90 Å². The molecule has 0 saturated carbocycles. The molecule has 1 aliphatic rings. The van der Waals surface area contributed by atoms with E-state index in [1.165, 1.54) is 12.1 Å². The number of methoxy groups -OCH3 is 1. The molecule has 3 rings (SSSR count). The molecule has 0 aliphatic carbocycles. The zero-order valence-corrected chi connectivity index (χ0v) is 18.2. The van der Waals surface area contributed by atoms with Crippen molar-refractivity contribution in [3.05, 3.63) is 52.5 Å². The lowest BCUT2D eigenvalue weighted by atomic mass is 10.2. The summed E-state index contributed by atoms with van der Waals surface area (Å²) in [5.74, 6) is 0.417. The van der Waals surface area contributed by atoms with Gasteiger partial charge in [-0.2, -0.15) is 0 Å². The third kappa shape index (κ3) is 5.42. The van der Waals surface area contributed by atoms with Crippen molar-refractivity contribution in [1.29, 1.82) is 0 Å². The molecule has 1 heterocycles. The van der Waals surface area contributed by atoms with Crippen molar-refractivity contribution in [3.63, 3.8) is 0 Å². The van der Waals surface area contributed by atoms with E-state index in [9.17, 15) is 13.2 Å². The van der Waals surface area contributed by atoms with Gasteiger partial charge in [-0.1, -0.05) is 23.2 Å². The SMILES string of the molecule is COc1ccc(NC(=O)C2CCCN2CCS(=O)(=O)c2cc(Cl)ccc2Cl)cc1. The number of carbonyl (C=O) groups excluding carboxylic acids is 1. The number of hydrogen-bond donors (Lipinski definition) is 1. The summed E-state index contributed by atoms with van der Waals surface area (Å²) >= 11 is 12.0. The molecule has 1 unspecified atom stereocenters. The normalized spacial score (nSPS) is 17.3. The Labute approximate surface area is 180 Å². The molecule has 9 heteroatoms. The number of nitrogens with zero attached hydrogens (tertiary/aromatic N) is 1. The van der Waals surface area contributed by atoms with E-state index in [2.05, 4.69) is 5.32 Å². The zero-order chi connectivity index (χ0) is 21.0. The van der Waals surface area contributed by atoms with Gasteiger partial charge in [0.2, 0.25) is 5.91 Å². The van der Waals surface area contributed by atoms with Crippen LogP contribution in [0.15, 0.2) is 47.4 Å². The molecule has 1 aliphatic heterocycles. The number of likely N-dealkylation sites (tertiary alicyclic amines) is 1. The molecule has 0 bridgehead atoms. The van der Waals surface area contributed by atoms with Crippen LogP contribution < -0.4 is 10.1 Å². The van der Waals surface area contributed by atoms with Crippen molar-refractivity contribution in [2.75, 3.05) is 31.3 Å². The lowest BCUT2D eigenvalue weighted by molar-refractivity contribution is -0.120. The number of benzene rings is 2. The molecular formula is C20H22Cl2N2O4S. The molecular weight excluding hydrogens is 435 g/mol. The first-order chi connectivity index (χ1) is 13.8. The summed E-state index contributed by atoms with van der Waals surface area (Å²) in [6, 6.07) is 11.1. The summed E-state index contributed by atoms with van der Waals surface area (Å²) in [6.45, 7) is 0.908. The molecule has 1 fully saturated rings. The van der Waals surface area contributed by atoms with Crippen LogP contribution in [0.1, 0.15) is 12.8 Å². The van der Waals surface area contributed by atoms with Crippen LogP contribution in [0.2, 0.25) is 10.0 Å². The highest BCUT2D eigenvalue weighted by Crippen LogP contribution is 2.27. The lowest BCUT2D eigenvalue weighted by Gasteiger charge is -2.23. The molecule has 0 radical (unpaired) electrons. The Kier molecular flexibility index (Phi) is 7.05. The highest BCUT2D eigenvalue weighted by Gasteiger charge is 2.32. The topological polar surface area (TPSA) is 75.7 Å². The molecule has 1 amide bonds. The van der Waals surface area contributed by atoms with Crippen LogP contribution in [0, 0.1) is 0 Å². The summed E-state index contributed by atoms with van der Waals surface area (Å²) in [7, 11) is -2.04. The maximum absolute atomic E-state index is 12.7. The second-order valence-electron chi connectivity index (χ2n) is 6.81. The Morgan fingerprint density at radius 3 is 2.62 bits per heavy atom. The highest BCUT2D eigenvalue weighted by molar-refractivity contribution is 7.91. The minimum absolute atomic E-state index is 0.0186. The van der Waals surface area contributed by atoms with Crippen molar-refractivity contribution in [2.24, 2.45) is 0 Å². The first-order valence-electron chi connectivity index (χ1n) is 9.17. The van der Waals surface area contributed by atoms with E-state index in [0.29, 0.717) is 29.4 Å². The number of nitrogens with one attached hydrogen (secondary N) is 1. The van der Waals surface area contributed by atoms with Gasteiger partial charge in [-0.25, -0.2) is 8.42 Å². The molecule has 1 atom stereocenters. The van der Waals surface area contributed by atoms with E-state index in [4.69, 9.17) is 27.9 Å². The Hall–Kier alpha value is -1.80. The monoisotopic (exact) mass is 456 g/mol. The van der Waals surface area contributed by atoms with Crippen LogP contribution in [0.3, 0.4) is 0 Å². The number of ether oxygens (including phenoxy) is 1. The first kappa shape index (κ1) is 21.9. The van der Waals surface area contributed by atoms with E-state index in [1.54, 1.807) is 37.4 Å². The minimum Gasteiger partial charge on any atom is -0.497 e. The van der Waals surface area contributed by atoms with E-state index in [-0.39, 0.29) is 34.2 Å². The predicted octanol–water partition coefficient (Wildman–Crippen LogP) is 3.88. The fourth-order valence-electron chi connectivity index (χ4n) is 3.35. The average Bonchev–Trinajstić information content (AvgIpc) is 3.18. The van der Waals surface area contributed by atoms with Gasteiger partial charge in [0.05, 0.1) is 28.8 Å². The molecule has 156 valence electrons. The third-order valence-electron chi connectivity index (χ3n) is 4.90. The average molecular weight is 457 g/mol. The van der Waals surface area contributed by atoms with Crippen LogP contribution in [0.4, 0.5) is 5.69 Å². The number of hydrogen-bond acceptors (Lipinski definition) is 5. The molecule has 6 nitrogen and oxygen atoms in total. The largest absolute Gasteiger partial charge is 0.497 e. The number of amides is 1. The summed E-state index contributed by atoms with van der Waals surface area (Å²) in [4.78, 5) is 14.6. The zero-order valence-electron chi connectivity index (χ0n) is 15.9. The van der Waals surface area contributed by atoms with Crippen LogP contribution in [-0.2, 0) is 14.6 Å². The molecule has 0 aromatic heterocycles. The second-order valence-corrected chi connectivity index (χ2v) is 9.73. The number of carbonyl (C=O) groups is 1. The molecule has 2 aromatic carbocycles. The Morgan fingerprint density at radius 2 is 1.93 bits per heavy atom. The van der Waals surface area contributed by atoms with Crippen molar-refractivity contribution >= 4 is 44.6 Å². The minimum atomic E-state index is -3.62. The van der Waals surface area contributed by atoms with E-state index in [0.717, 1.165) is 6.42 Å². The fourth-order valence-corrected chi connectivity index (χ4v) is 5.43. The van der Waals surface area contributed by atoms with Gasteiger partial charge in [-0.3, -0.25) is 9.69 Å². The number of anilines is 1. The quantitative estimate of drug-likeness (QED) is 0.683. The van der Waals surface area contributed by atoms with E-state index >= 15 is 0 Å². The Bertz CT molecular complexity index is 980. The van der Waals surface area contributed by atoms with Gasteiger partial charge in [0.15, 0.2) is 9.84 Å². The maximum atomic E-state index is 12.7. The fraction of sp³-hybridized carbons (Fsp3) is 0.350. The van der Waals surface area contributed by atoms with Gasteiger partial charge in [-0.05, 0) is 61.9 Å². The first-order valence-corrected chi connectivity index (χ1v) is 11.6. The van der Waals surface area contributed by atoms with E-state index in [1.807, 2.05) is 4.90 Å². The van der Waals surface area contributed by atoms with Crippen LogP contribution in [0.5, 0.6) is 5.75 Å². The Morgan fingerprint density at radius 1 is 1.21 bits per heavy atom. The Balaban J connectivity index is 1.64. The lowest BCUT2D eigenvalue weighted by Crippen LogP contribution is -2.41. The van der Waals surface area contributed by atoms with Gasteiger partial charge in [0.25, 0.3) is 0 Å². The highest BCUT2D eigenvalue weighted by atomic mass is 35.5. The van der Waals surface area contributed by atoms with Gasteiger partial charge in [0, 0.05) is 17.3 Å². The molecule has 1 saturated heterocycles. The molecule has 0 spiro atoms. The summed E-state index contributed by atoms with van der Waals surface area (Å²) in [5.41, 5.74) is 0.668. The van der Waals surface area contributed by atoms with Crippen molar-refractivity contribution in [3.8, 4) is 5.75 Å². The van der Waals surface area contributed by atoms with Crippen LogP contribution >= 0.6 is 23.2 Å². The standard InChI is InChI=1S/C20H22Cl2N2O4S/c1-28-16-7-5-15(6-8-16)23-20(25)18-3-2-10-24(18)11-12-29(26,27)19-13-14(21)4-9-17(19)22/h4-9,13,18H,2-3,10-12H2,1H3,(H,23,25). The van der Waals surface area contributed by atoms with Gasteiger partial charge in [-0.15, -0.1) is 0 Å². The smallest absolute Gasteiger partial charge is 0.241 e. The number of rotatable bonds is 7. The van der Waals surface area contributed by atoms with Crippen molar-refractivity contribution in [2.45, 2.75) is 23.8 Å². The third-order valence-corrected chi connectivity index (χ3v) is 7.30. The number of sulfone groups is 1. The van der Waals surface area contributed by atoms with Crippen molar-refractivity contribution < 1.29 is 17.9 Å². The molecule has 1 N–H and O–H groups in total. The maximum Gasteiger partial charge on any atom is 0.241 e. The van der Waals surface area contributed by atoms with Gasteiger partial charge in [0.1, 0.15) is 5.75 Å². The predicted molar refractivity (Wildman–Crippen MR) is 115 cm³/mol. The summed E-state index contributed by atoms with van der Waals surface area (Å²) in [6.07, 6.45) is 1.51. The summed E-state index contributed by atoms with van der Waals surface area (Å²) < 4.78 is 30.5. The molecule has 29 heavy (non-hydrogen) atoms. The molecule has 2 aromatic rings. The van der Waals surface area contributed by atoms with Crippen LogP contribution in [-0.4, -0.2) is 51.2 Å². The second kappa shape index (κ2) is 9.34.